The van der Waals surface area contributed by atoms with Crippen molar-refractivity contribution in [2.24, 2.45) is 17.3 Å². The lowest BCUT2D eigenvalue weighted by molar-refractivity contribution is -0.199. The summed E-state index contributed by atoms with van der Waals surface area (Å²) in [5.41, 5.74) is 2.36. The molecule has 1 aromatic carbocycles. The number of alkyl carbamates (subject to hydrolysis) is 1. The summed E-state index contributed by atoms with van der Waals surface area (Å²) >= 11 is 0. The highest BCUT2D eigenvalue weighted by Gasteiger charge is 2.68. The average molecular weight is 440 g/mol. The third-order valence-electron chi connectivity index (χ3n) is 8.75. The van der Waals surface area contributed by atoms with Gasteiger partial charge in [-0.2, -0.15) is 0 Å². The van der Waals surface area contributed by atoms with Gasteiger partial charge in [0.25, 0.3) is 0 Å². The number of benzene rings is 1. The van der Waals surface area contributed by atoms with Crippen molar-refractivity contribution in [2.75, 3.05) is 13.2 Å². The van der Waals surface area contributed by atoms with Crippen LogP contribution in [0.5, 0.6) is 0 Å². The van der Waals surface area contributed by atoms with Gasteiger partial charge in [-0.05, 0) is 75.3 Å². The van der Waals surface area contributed by atoms with Gasteiger partial charge in [0.2, 0.25) is 0 Å². The van der Waals surface area contributed by atoms with Gasteiger partial charge in [0.15, 0.2) is 0 Å². The molecule has 1 amide bonds. The monoisotopic (exact) mass is 440 g/mol. The second-order valence-electron chi connectivity index (χ2n) is 11.2. The third-order valence-corrected chi connectivity index (χ3v) is 8.75. The highest BCUT2D eigenvalue weighted by atomic mass is 16.7. The molecule has 2 heterocycles. The summed E-state index contributed by atoms with van der Waals surface area (Å²) in [5, 5.41) is 6.45. The van der Waals surface area contributed by atoms with Crippen LogP contribution in [0.1, 0.15) is 57.6 Å². The molecule has 5 fully saturated rings. The van der Waals surface area contributed by atoms with Crippen molar-refractivity contribution in [3.63, 3.8) is 0 Å². The first kappa shape index (κ1) is 22.2. The van der Waals surface area contributed by atoms with E-state index in [0.29, 0.717) is 24.9 Å². The predicted octanol–water partition coefficient (Wildman–Crippen LogP) is 3.65. The molecular weight excluding hydrogens is 403 g/mol. The quantitative estimate of drug-likeness (QED) is 0.661. The van der Waals surface area contributed by atoms with E-state index in [1.807, 2.05) is 0 Å². The van der Waals surface area contributed by atoms with Crippen molar-refractivity contribution in [2.45, 2.75) is 83.5 Å². The van der Waals surface area contributed by atoms with Crippen LogP contribution in [0.2, 0.25) is 0 Å². The molecule has 32 heavy (non-hydrogen) atoms. The molecule has 0 aromatic heterocycles. The molecule has 0 radical (unpaired) electrons. The van der Waals surface area contributed by atoms with Gasteiger partial charge in [-0.3, -0.25) is 0 Å². The zero-order chi connectivity index (χ0) is 22.5. The van der Waals surface area contributed by atoms with Gasteiger partial charge in [-0.15, -0.1) is 0 Å². The molecule has 174 valence electrons. The molecule has 6 rings (SSSR count). The molecule has 0 unspecified atom stereocenters. The summed E-state index contributed by atoms with van der Waals surface area (Å²) in [5.74, 6) is 0.883. The summed E-state index contributed by atoms with van der Waals surface area (Å²) < 4.78 is 18.7. The molecule has 6 nitrogen and oxygen atoms in total. The number of carbonyl (C=O) groups excluding carboxylic acids is 1. The van der Waals surface area contributed by atoms with E-state index >= 15 is 0 Å². The van der Waals surface area contributed by atoms with Crippen molar-refractivity contribution >= 4 is 13.2 Å². The Morgan fingerprint density at radius 1 is 1.28 bits per heavy atom. The summed E-state index contributed by atoms with van der Waals surface area (Å²) in [7, 11) is -0.474. The van der Waals surface area contributed by atoms with Crippen LogP contribution in [0.25, 0.3) is 0 Å². The minimum atomic E-state index is -0.474. The number of hydrogen-bond acceptors (Lipinski definition) is 5. The van der Waals surface area contributed by atoms with Crippen LogP contribution in [0.3, 0.4) is 0 Å². The zero-order valence-electron chi connectivity index (χ0n) is 19.9. The molecule has 1 aromatic rings. The molecule has 0 spiro atoms. The first-order valence-corrected chi connectivity index (χ1v) is 12.3. The van der Waals surface area contributed by atoms with E-state index < -0.39 is 13.2 Å². The van der Waals surface area contributed by atoms with Crippen molar-refractivity contribution in [3.05, 3.63) is 35.4 Å². The minimum absolute atomic E-state index is 0.0882. The van der Waals surface area contributed by atoms with E-state index in [2.05, 4.69) is 62.6 Å². The number of hydrogen-bond donors (Lipinski definition) is 2. The summed E-state index contributed by atoms with van der Waals surface area (Å²) in [4.78, 5) is 12.7. The standard InChI is InChI=1S/C25H37BN2O4/c1-16-7-9-17(10-8-16)12-22(28-23(29)30-15-19-6-5-11-27-19)26-31-21-14-18-13-20(24(18,2)3)25(21,4)32-26/h7-10,18-22,27H,5-6,11-15H2,1-4H3,(H,28,29)/t18-,19+,20-,21+,22-,25-/m0/s1. The van der Waals surface area contributed by atoms with E-state index in [-0.39, 0.29) is 29.1 Å². The molecule has 2 bridgehead atoms. The molecule has 6 atom stereocenters. The lowest BCUT2D eigenvalue weighted by Crippen LogP contribution is -2.65. The minimum Gasteiger partial charge on any atom is -0.448 e. The highest BCUT2D eigenvalue weighted by molar-refractivity contribution is 6.47. The van der Waals surface area contributed by atoms with Crippen LogP contribution in [0, 0.1) is 24.2 Å². The molecule has 2 aliphatic heterocycles. The van der Waals surface area contributed by atoms with Crippen molar-refractivity contribution in [1.82, 2.24) is 10.6 Å². The lowest BCUT2D eigenvalue weighted by Gasteiger charge is -2.64. The maximum Gasteiger partial charge on any atom is 0.482 e. The van der Waals surface area contributed by atoms with Gasteiger partial charge in [-0.1, -0.05) is 43.7 Å². The van der Waals surface area contributed by atoms with Gasteiger partial charge >= 0.3 is 13.2 Å². The Labute approximate surface area is 192 Å². The number of ether oxygens (including phenoxy) is 1. The Balaban J connectivity index is 1.29. The molecule has 3 saturated carbocycles. The van der Waals surface area contributed by atoms with Crippen molar-refractivity contribution < 1.29 is 18.8 Å². The Kier molecular flexibility index (Phi) is 5.79. The Hall–Kier alpha value is -1.57. The molecule has 7 heteroatoms. The molecular formula is C25H37BN2O4. The number of carbonyl (C=O) groups is 1. The average Bonchev–Trinajstić information content (AvgIpc) is 3.39. The highest BCUT2D eigenvalue weighted by Crippen LogP contribution is 2.65. The summed E-state index contributed by atoms with van der Waals surface area (Å²) in [6.07, 6.45) is 4.76. The lowest BCUT2D eigenvalue weighted by atomic mass is 9.43. The smallest absolute Gasteiger partial charge is 0.448 e. The second-order valence-corrected chi connectivity index (χ2v) is 11.2. The van der Waals surface area contributed by atoms with E-state index in [4.69, 9.17) is 14.0 Å². The van der Waals surface area contributed by atoms with Gasteiger partial charge in [0, 0.05) is 6.04 Å². The normalized spacial score (nSPS) is 35.7. The predicted molar refractivity (Wildman–Crippen MR) is 124 cm³/mol. The second kappa shape index (κ2) is 8.34. The molecule has 3 aliphatic carbocycles. The maximum atomic E-state index is 12.7. The van der Waals surface area contributed by atoms with Crippen LogP contribution >= 0.6 is 0 Å². The van der Waals surface area contributed by atoms with E-state index in [9.17, 15) is 4.79 Å². The number of aryl methyl sites for hydroxylation is 1. The van der Waals surface area contributed by atoms with Gasteiger partial charge < -0.3 is 24.7 Å². The zero-order valence-corrected chi connectivity index (χ0v) is 19.9. The molecule has 2 N–H and O–H groups in total. The topological polar surface area (TPSA) is 68.8 Å². The fourth-order valence-corrected chi connectivity index (χ4v) is 6.53. The Morgan fingerprint density at radius 3 is 2.75 bits per heavy atom. The summed E-state index contributed by atoms with van der Waals surface area (Å²) in [6.45, 7) is 10.4. The van der Waals surface area contributed by atoms with Gasteiger partial charge in [0.1, 0.15) is 6.61 Å². The largest absolute Gasteiger partial charge is 0.482 e. The first-order valence-electron chi connectivity index (χ1n) is 12.3. The Morgan fingerprint density at radius 2 is 2.06 bits per heavy atom. The maximum absolute atomic E-state index is 12.7. The number of nitrogens with one attached hydrogen (secondary N) is 2. The molecule has 5 aliphatic rings. The SMILES string of the molecule is Cc1ccc(C[C@H](NC(=O)OC[C@H]2CCCN2)B2O[C@@H]3C[C@@H]4C[C@@H](C4(C)C)[C@]3(C)O2)cc1. The van der Waals surface area contributed by atoms with Crippen LogP contribution in [0.15, 0.2) is 24.3 Å². The van der Waals surface area contributed by atoms with Crippen LogP contribution in [-0.4, -0.2) is 50.1 Å². The third kappa shape index (κ3) is 3.97. The van der Waals surface area contributed by atoms with Crippen LogP contribution < -0.4 is 10.6 Å². The first-order chi connectivity index (χ1) is 15.3. The fourth-order valence-electron chi connectivity index (χ4n) is 6.53. The van der Waals surface area contributed by atoms with Crippen molar-refractivity contribution in [3.8, 4) is 0 Å². The number of rotatable bonds is 6. The van der Waals surface area contributed by atoms with Gasteiger partial charge in [-0.25, -0.2) is 4.79 Å². The molecule has 2 saturated heterocycles. The fraction of sp³-hybridized carbons (Fsp3) is 0.720. The van der Waals surface area contributed by atoms with Crippen LogP contribution in [0.4, 0.5) is 4.79 Å². The van der Waals surface area contributed by atoms with E-state index in [1.165, 1.54) is 12.0 Å². The van der Waals surface area contributed by atoms with E-state index in [0.717, 1.165) is 31.4 Å². The Bertz CT molecular complexity index is 841. The van der Waals surface area contributed by atoms with Crippen molar-refractivity contribution in [1.29, 1.82) is 0 Å². The summed E-state index contributed by atoms with van der Waals surface area (Å²) in [6, 6.07) is 8.69. The number of amides is 1. The van der Waals surface area contributed by atoms with Crippen LogP contribution in [-0.2, 0) is 20.5 Å². The van der Waals surface area contributed by atoms with Gasteiger partial charge in [0.05, 0.1) is 17.6 Å². The van der Waals surface area contributed by atoms with E-state index in [1.54, 1.807) is 0 Å².